The average Bonchev–Trinajstić information content (AvgIpc) is 3.52. The molecule has 5 rings (SSSR count). The highest BCUT2D eigenvalue weighted by molar-refractivity contribution is 5.89. The molecule has 0 radical (unpaired) electrons. The van der Waals surface area contributed by atoms with Crippen molar-refractivity contribution in [3.8, 4) is 11.5 Å². The number of benzene rings is 1. The van der Waals surface area contributed by atoms with Crippen LogP contribution in [0, 0.1) is 0 Å². The molecule has 1 aromatic rings. The summed E-state index contributed by atoms with van der Waals surface area (Å²) in [6.45, 7) is 0.163. The number of aliphatic carboxylic acids is 5. The number of rotatable bonds is 15. The molecule has 1 unspecified atom stereocenters. The number of carbonyl (C=O) groups is 6. The van der Waals surface area contributed by atoms with Crippen LogP contribution in [0.25, 0.3) is 0 Å². The zero-order valence-electron chi connectivity index (χ0n) is 31.7. The van der Waals surface area contributed by atoms with Crippen molar-refractivity contribution in [3.63, 3.8) is 0 Å². The number of hydrogen-bond acceptors (Lipinski definition) is 19. The summed E-state index contributed by atoms with van der Waals surface area (Å²) in [7, 11) is 0. The second-order valence-electron chi connectivity index (χ2n) is 14.8. The van der Waals surface area contributed by atoms with E-state index < -0.39 is 152 Å². The van der Waals surface area contributed by atoms with E-state index in [4.69, 9.17) is 28.8 Å². The standard InChI is InChI=1S/C36H42N2O23/c1-36(56,9-21(40)41)10-22(42)57-11-20-23(43)25(45)29(61-34-27(47)24(44)26(46)28(60-34)33(54)55)35(59-20)58-19-7-13-6-17(32(52)53)38(16(13)8-18(19)39)3-2-12-4-14(30(48)49)37-15(5-12)31(50)51/h2-4,7-8,15,17,20,23-29,34-35,43-47,56H,5-6,9-11H2,1H3,(H6,39,40,41,48,49,50,51,52,53,54,55)/p+1/t15-,17-,20+,23+,24-,25-,26-,27+,28-,29+,34-,35+,36?/m0/s1. The fraction of sp³-hybridized carbons (Fsp3) is 0.528. The third-order valence-corrected chi connectivity index (χ3v) is 10.0. The van der Waals surface area contributed by atoms with Gasteiger partial charge in [-0.2, -0.15) is 4.58 Å². The van der Waals surface area contributed by atoms with Crippen LogP contribution in [0.15, 0.2) is 35.6 Å². The zero-order chi connectivity index (χ0) is 45.2. The van der Waals surface area contributed by atoms with E-state index in [9.17, 15) is 84.9 Å². The van der Waals surface area contributed by atoms with E-state index >= 15 is 0 Å². The summed E-state index contributed by atoms with van der Waals surface area (Å²) in [4.78, 5) is 70.9. The molecular weight excluding hydrogens is 828 g/mol. The smallest absolute Gasteiger partial charge is 0.373 e. The summed E-state index contributed by atoms with van der Waals surface area (Å²) in [6, 6.07) is -0.451. The summed E-state index contributed by atoms with van der Waals surface area (Å²) in [5.74, 6) is -9.76. The van der Waals surface area contributed by atoms with Gasteiger partial charge in [0.1, 0.15) is 55.0 Å². The van der Waals surface area contributed by atoms with Gasteiger partial charge < -0.3 is 90.3 Å². The molecule has 1 aromatic carbocycles. The highest BCUT2D eigenvalue weighted by Gasteiger charge is 2.53. The Morgan fingerprint density at radius 3 is 2.15 bits per heavy atom. The number of fused-ring (bicyclic) bond motifs is 1. The van der Waals surface area contributed by atoms with Crippen molar-refractivity contribution in [1.29, 1.82) is 0 Å². The maximum atomic E-state index is 12.5. The third-order valence-electron chi connectivity index (χ3n) is 10.0. The maximum absolute atomic E-state index is 12.5. The fourth-order valence-corrected chi connectivity index (χ4v) is 6.94. The summed E-state index contributed by atoms with van der Waals surface area (Å²) in [6.07, 6.45) is -19.3. The Morgan fingerprint density at radius 1 is 0.852 bits per heavy atom. The number of aromatic hydroxyl groups is 1. The molecule has 13 N–H and O–H groups in total. The molecule has 4 aliphatic rings. The number of aliphatic hydroxyl groups is 6. The minimum atomic E-state index is -2.18. The lowest BCUT2D eigenvalue weighted by atomic mass is 9.97. The molecular formula is C36H43N2O23+. The minimum absolute atomic E-state index is 0.0858. The lowest BCUT2D eigenvalue weighted by Gasteiger charge is -2.45. The van der Waals surface area contributed by atoms with E-state index in [1.807, 2.05) is 0 Å². The fourth-order valence-electron chi connectivity index (χ4n) is 6.94. The van der Waals surface area contributed by atoms with E-state index in [1.165, 1.54) is 16.9 Å². The van der Waals surface area contributed by atoms with Crippen molar-refractivity contribution in [2.24, 2.45) is 0 Å². The third kappa shape index (κ3) is 10.6. The lowest BCUT2D eigenvalue weighted by Crippen LogP contribution is -2.65. The van der Waals surface area contributed by atoms with Crippen LogP contribution in [-0.4, -0.2) is 194 Å². The van der Waals surface area contributed by atoms with Crippen LogP contribution in [-0.2, 0) is 54.1 Å². The number of nitrogens with one attached hydrogen (secondary N) is 1. The molecule has 4 heterocycles. The number of carbonyl (C=O) groups excluding carboxylic acids is 1. The number of nitrogens with zero attached hydrogens (tertiary/aromatic N) is 1. The quantitative estimate of drug-likeness (QED) is 0.0586. The summed E-state index contributed by atoms with van der Waals surface area (Å²) >= 11 is 0. The van der Waals surface area contributed by atoms with Crippen LogP contribution in [0.5, 0.6) is 11.5 Å². The predicted molar refractivity (Wildman–Crippen MR) is 191 cm³/mol. The molecule has 61 heavy (non-hydrogen) atoms. The summed E-state index contributed by atoms with van der Waals surface area (Å²) < 4.78 is 28.6. The van der Waals surface area contributed by atoms with E-state index in [2.05, 4.69) is 5.32 Å². The van der Waals surface area contributed by atoms with Gasteiger partial charge in [0.05, 0.1) is 30.9 Å². The molecule has 334 valence electrons. The average molecular weight is 872 g/mol. The number of aliphatic hydroxyl groups excluding tert-OH is 5. The van der Waals surface area contributed by atoms with Crippen molar-refractivity contribution in [2.45, 2.75) is 112 Å². The first-order chi connectivity index (χ1) is 28.5. The van der Waals surface area contributed by atoms with Gasteiger partial charge in [-0.05, 0) is 24.6 Å². The largest absolute Gasteiger partial charge is 0.504 e. The number of carboxylic acid groups (broad SMARTS) is 5. The molecule has 0 bridgehead atoms. The van der Waals surface area contributed by atoms with Crippen LogP contribution in [0.4, 0.5) is 5.69 Å². The highest BCUT2D eigenvalue weighted by atomic mass is 16.8. The van der Waals surface area contributed by atoms with Crippen LogP contribution in [0.1, 0.15) is 31.7 Å². The lowest BCUT2D eigenvalue weighted by molar-refractivity contribution is -0.456. The molecule has 25 heteroatoms. The zero-order valence-corrected chi connectivity index (χ0v) is 31.7. The second kappa shape index (κ2) is 18.5. The summed E-state index contributed by atoms with van der Waals surface area (Å²) in [5, 5.41) is 125. The highest BCUT2D eigenvalue weighted by Crippen LogP contribution is 2.41. The van der Waals surface area contributed by atoms with Gasteiger partial charge in [-0.25, -0.2) is 19.2 Å². The number of esters is 1. The number of hydrogen-bond donors (Lipinski definition) is 13. The SMILES string of the molecule is CC(O)(CC(=O)O)CC(=O)OC[C@H]1O[C@@H](Oc2cc3c(cc2O)[N+](=C/C=C2/C=C(C(=O)O)N[C@H](C(=O)O)C2)[C@H](C(=O)O)C3)[C@H](O[C@@H]2O[C@H](C(=O)O)[C@@H](O)[C@H](O)[C@H]2O)[C@@H](O)[C@@H]1O. The number of phenols is 1. The Kier molecular flexibility index (Phi) is 14.0. The number of allylic oxidation sites excluding steroid dienone is 2. The Balaban J connectivity index is 1.46. The molecule has 2 fully saturated rings. The Hall–Kier alpha value is -5.77. The van der Waals surface area contributed by atoms with Gasteiger partial charge in [0.15, 0.2) is 36.2 Å². The first-order valence-corrected chi connectivity index (χ1v) is 18.2. The number of phenolic OH excluding ortho intramolecular Hbond substituents is 1. The first kappa shape index (κ1) is 46.3. The van der Waals surface area contributed by atoms with Crippen LogP contribution < -0.4 is 10.1 Å². The van der Waals surface area contributed by atoms with Gasteiger partial charge in [-0.3, -0.25) is 9.59 Å². The van der Waals surface area contributed by atoms with E-state index in [-0.39, 0.29) is 29.7 Å². The first-order valence-electron chi connectivity index (χ1n) is 18.2. The Bertz CT molecular complexity index is 2010. The van der Waals surface area contributed by atoms with Crippen LogP contribution >= 0.6 is 0 Å². The molecule has 0 saturated carbocycles. The number of ether oxygens (including phenoxy) is 5. The molecule has 25 nitrogen and oxygen atoms in total. The van der Waals surface area contributed by atoms with E-state index in [0.29, 0.717) is 0 Å². The van der Waals surface area contributed by atoms with E-state index in [0.717, 1.165) is 25.1 Å². The van der Waals surface area contributed by atoms with Crippen LogP contribution in [0.3, 0.4) is 0 Å². The van der Waals surface area contributed by atoms with Crippen molar-refractivity contribution in [2.75, 3.05) is 6.61 Å². The van der Waals surface area contributed by atoms with Gasteiger partial charge in [0, 0.05) is 18.1 Å². The van der Waals surface area contributed by atoms with Crippen LogP contribution in [0.2, 0.25) is 0 Å². The molecule has 13 atom stereocenters. The van der Waals surface area contributed by atoms with E-state index in [1.54, 1.807) is 0 Å². The van der Waals surface area contributed by atoms with Gasteiger partial charge >= 0.3 is 35.8 Å². The minimum Gasteiger partial charge on any atom is -0.504 e. The second-order valence-corrected chi connectivity index (χ2v) is 14.8. The monoisotopic (exact) mass is 871 g/mol. The molecule has 0 spiro atoms. The molecule has 0 aliphatic carbocycles. The molecule has 4 aliphatic heterocycles. The molecule has 0 aromatic heterocycles. The van der Waals surface area contributed by atoms with Crippen molar-refractivity contribution < 1.29 is 118 Å². The van der Waals surface area contributed by atoms with Gasteiger partial charge in [0.2, 0.25) is 12.0 Å². The summed E-state index contributed by atoms with van der Waals surface area (Å²) in [5.41, 5.74) is -2.00. The Labute approximate surface area is 342 Å². The topological polar surface area (TPSA) is 406 Å². The van der Waals surface area contributed by atoms with Crippen molar-refractivity contribution in [3.05, 3.63) is 41.1 Å². The normalized spacial score (nSPS) is 33.4. The van der Waals surface area contributed by atoms with Gasteiger partial charge in [-0.1, -0.05) is 0 Å². The van der Waals surface area contributed by atoms with Gasteiger partial charge in [0.25, 0.3) is 6.04 Å². The Morgan fingerprint density at radius 2 is 1.54 bits per heavy atom. The predicted octanol–water partition coefficient (Wildman–Crippen LogP) is -4.28. The van der Waals surface area contributed by atoms with Crippen molar-refractivity contribution in [1.82, 2.24) is 5.32 Å². The van der Waals surface area contributed by atoms with Crippen molar-refractivity contribution >= 4 is 47.7 Å². The molecule has 0 amide bonds. The molecule has 2 saturated heterocycles. The van der Waals surface area contributed by atoms with Gasteiger partial charge in [-0.15, -0.1) is 0 Å². The maximum Gasteiger partial charge on any atom is 0.373 e. The number of carboxylic acids is 5.